The molecule has 1 aliphatic rings. The number of rotatable bonds is 4. The molecule has 1 aromatic rings. The van der Waals surface area contributed by atoms with Crippen molar-refractivity contribution in [3.63, 3.8) is 0 Å². The molecule has 0 aromatic heterocycles. The molecule has 1 aromatic carbocycles. The molecule has 104 valence electrons. The summed E-state index contributed by atoms with van der Waals surface area (Å²) in [5.74, 6) is 2.16. The summed E-state index contributed by atoms with van der Waals surface area (Å²) in [5, 5.41) is 0.516. The second-order valence-corrected chi connectivity index (χ2v) is 7.95. The number of carbonyl (C=O) groups is 1. The standard InChI is InChI=1S/C14H16BrFOS2/c1-2-13-14(19-6-5-18-13)12(17)8-9-3-4-11(16)10(15)7-9/h3-4,7,13-14H,2,5-6,8H2,1H3. The van der Waals surface area contributed by atoms with Crippen LogP contribution in [0.15, 0.2) is 22.7 Å². The first kappa shape index (κ1) is 15.4. The third-order valence-corrected chi connectivity index (χ3v) is 7.03. The van der Waals surface area contributed by atoms with Gasteiger partial charge in [-0.3, -0.25) is 4.79 Å². The number of thioether (sulfide) groups is 2. The van der Waals surface area contributed by atoms with Crippen molar-refractivity contribution >= 4 is 45.2 Å². The smallest absolute Gasteiger partial charge is 0.151 e. The molecule has 5 heteroatoms. The highest BCUT2D eigenvalue weighted by Crippen LogP contribution is 2.34. The Balaban J connectivity index is 2.05. The zero-order valence-electron chi connectivity index (χ0n) is 10.7. The van der Waals surface area contributed by atoms with Crippen molar-refractivity contribution in [1.29, 1.82) is 0 Å². The largest absolute Gasteiger partial charge is 0.298 e. The third-order valence-electron chi connectivity index (χ3n) is 3.13. The van der Waals surface area contributed by atoms with Crippen molar-refractivity contribution in [2.75, 3.05) is 11.5 Å². The number of halogens is 2. The van der Waals surface area contributed by atoms with Gasteiger partial charge in [-0.15, -0.1) is 11.8 Å². The Bertz CT molecular complexity index is 467. The van der Waals surface area contributed by atoms with E-state index in [0.717, 1.165) is 23.5 Å². The first-order chi connectivity index (χ1) is 9.11. The van der Waals surface area contributed by atoms with Crippen molar-refractivity contribution in [2.24, 2.45) is 0 Å². The van der Waals surface area contributed by atoms with Crippen LogP contribution in [-0.4, -0.2) is 27.8 Å². The Labute approximate surface area is 130 Å². The Morgan fingerprint density at radius 3 is 2.84 bits per heavy atom. The van der Waals surface area contributed by atoms with Gasteiger partial charge in [0.25, 0.3) is 0 Å². The van der Waals surface area contributed by atoms with E-state index in [0.29, 0.717) is 16.1 Å². The molecule has 2 unspecified atom stereocenters. The van der Waals surface area contributed by atoms with Crippen molar-refractivity contribution in [1.82, 2.24) is 0 Å². The van der Waals surface area contributed by atoms with Crippen molar-refractivity contribution in [2.45, 2.75) is 30.3 Å². The number of carbonyl (C=O) groups excluding carboxylic acids is 1. The maximum atomic E-state index is 13.2. The highest BCUT2D eigenvalue weighted by molar-refractivity contribution is 9.10. The summed E-state index contributed by atoms with van der Waals surface area (Å²) >= 11 is 6.84. The minimum absolute atomic E-state index is 0.0904. The molecule has 0 N–H and O–H groups in total. The highest BCUT2D eigenvalue weighted by atomic mass is 79.9. The van der Waals surface area contributed by atoms with E-state index >= 15 is 0 Å². The van der Waals surface area contributed by atoms with Crippen LogP contribution in [-0.2, 0) is 11.2 Å². The van der Waals surface area contributed by atoms with Gasteiger partial charge in [-0.2, -0.15) is 11.8 Å². The molecule has 0 saturated carbocycles. The first-order valence-corrected chi connectivity index (χ1v) is 9.20. The Morgan fingerprint density at radius 2 is 2.16 bits per heavy atom. The molecule has 0 amide bonds. The van der Waals surface area contributed by atoms with E-state index in [4.69, 9.17) is 0 Å². The second kappa shape index (κ2) is 7.14. The molecule has 1 nitrogen and oxygen atoms in total. The lowest BCUT2D eigenvalue weighted by Crippen LogP contribution is -2.33. The van der Waals surface area contributed by atoms with Crippen molar-refractivity contribution in [3.05, 3.63) is 34.1 Å². The van der Waals surface area contributed by atoms with Crippen LogP contribution in [0.4, 0.5) is 4.39 Å². The minimum Gasteiger partial charge on any atom is -0.298 e. The van der Waals surface area contributed by atoms with Crippen molar-refractivity contribution in [3.8, 4) is 0 Å². The SMILES string of the molecule is CCC1SCCSC1C(=O)Cc1ccc(F)c(Br)c1. The van der Waals surface area contributed by atoms with Gasteiger partial charge < -0.3 is 0 Å². The molecule has 1 saturated heterocycles. The predicted molar refractivity (Wildman–Crippen MR) is 85.6 cm³/mol. The second-order valence-electron chi connectivity index (χ2n) is 4.50. The van der Waals surface area contributed by atoms with E-state index in [2.05, 4.69) is 22.9 Å². The van der Waals surface area contributed by atoms with Crippen LogP contribution < -0.4 is 0 Å². The van der Waals surface area contributed by atoms with Crippen LogP contribution in [0.2, 0.25) is 0 Å². The van der Waals surface area contributed by atoms with Crippen LogP contribution in [0.25, 0.3) is 0 Å². The molecule has 0 bridgehead atoms. The van der Waals surface area contributed by atoms with Gasteiger partial charge >= 0.3 is 0 Å². The molecular formula is C14H16BrFOS2. The Hall–Kier alpha value is -0.000000000000000111. The summed E-state index contributed by atoms with van der Waals surface area (Å²) in [6, 6.07) is 4.81. The summed E-state index contributed by atoms with van der Waals surface area (Å²) < 4.78 is 13.6. The van der Waals surface area contributed by atoms with Crippen molar-refractivity contribution < 1.29 is 9.18 Å². The van der Waals surface area contributed by atoms with E-state index in [1.54, 1.807) is 23.9 Å². The number of benzene rings is 1. The van der Waals surface area contributed by atoms with Crippen LogP contribution in [0.1, 0.15) is 18.9 Å². The van der Waals surface area contributed by atoms with Gasteiger partial charge in [-0.25, -0.2) is 4.39 Å². The number of Topliss-reactive ketones (excluding diaryl/α,β-unsaturated/α-hetero) is 1. The summed E-state index contributed by atoms with van der Waals surface area (Å²) in [6.45, 7) is 2.14. The summed E-state index contributed by atoms with van der Waals surface area (Å²) in [5.41, 5.74) is 0.879. The van der Waals surface area contributed by atoms with Gasteiger partial charge in [-0.05, 0) is 40.0 Å². The quantitative estimate of drug-likeness (QED) is 0.793. The normalized spacial score (nSPS) is 23.3. The van der Waals surface area contributed by atoms with Crippen LogP contribution in [0.3, 0.4) is 0 Å². The molecule has 0 radical (unpaired) electrons. The van der Waals surface area contributed by atoms with Gasteiger partial charge in [0.15, 0.2) is 5.78 Å². The minimum atomic E-state index is -0.287. The topological polar surface area (TPSA) is 17.1 Å². The maximum Gasteiger partial charge on any atom is 0.151 e. The lowest BCUT2D eigenvalue weighted by Gasteiger charge is -2.28. The molecule has 1 fully saturated rings. The lowest BCUT2D eigenvalue weighted by molar-refractivity contribution is -0.117. The summed E-state index contributed by atoms with van der Waals surface area (Å²) in [4.78, 5) is 12.4. The Kier molecular flexibility index (Phi) is 5.78. The number of hydrogen-bond acceptors (Lipinski definition) is 3. The molecular weight excluding hydrogens is 347 g/mol. The lowest BCUT2D eigenvalue weighted by atomic mass is 10.0. The molecule has 0 aliphatic carbocycles. The first-order valence-electron chi connectivity index (χ1n) is 6.31. The highest BCUT2D eigenvalue weighted by Gasteiger charge is 2.30. The molecule has 19 heavy (non-hydrogen) atoms. The number of ketones is 1. The molecule has 2 atom stereocenters. The van der Waals surface area contributed by atoms with E-state index in [-0.39, 0.29) is 16.9 Å². The molecule has 2 rings (SSSR count). The Morgan fingerprint density at radius 1 is 1.42 bits per heavy atom. The third kappa shape index (κ3) is 3.99. The van der Waals surface area contributed by atoms with Crippen LogP contribution >= 0.6 is 39.5 Å². The number of hydrogen-bond donors (Lipinski definition) is 0. The van der Waals surface area contributed by atoms with Gasteiger partial charge in [0.1, 0.15) is 5.82 Å². The van der Waals surface area contributed by atoms with Gasteiger partial charge in [0.2, 0.25) is 0 Å². The maximum absolute atomic E-state index is 13.2. The summed E-state index contributed by atoms with van der Waals surface area (Å²) in [7, 11) is 0. The van der Waals surface area contributed by atoms with E-state index in [1.165, 1.54) is 6.07 Å². The fourth-order valence-corrected chi connectivity index (χ4v) is 5.62. The van der Waals surface area contributed by atoms with E-state index < -0.39 is 0 Å². The molecule has 1 aliphatic heterocycles. The van der Waals surface area contributed by atoms with Gasteiger partial charge in [0, 0.05) is 23.2 Å². The van der Waals surface area contributed by atoms with E-state index in [1.807, 2.05) is 11.8 Å². The van der Waals surface area contributed by atoms with E-state index in [9.17, 15) is 9.18 Å². The van der Waals surface area contributed by atoms with Crippen LogP contribution in [0.5, 0.6) is 0 Å². The predicted octanol–water partition coefficient (Wildman–Crippen LogP) is 4.33. The zero-order chi connectivity index (χ0) is 13.8. The van der Waals surface area contributed by atoms with Gasteiger partial charge in [0.05, 0.1) is 9.72 Å². The average Bonchev–Trinajstić information content (AvgIpc) is 2.43. The monoisotopic (exact) mass is 362 g/mol. The zero-order valence-corrected chi connectivity index (χ0v) is 13.9. The fourth-order valence-electron chi connectivity index (χ4n) is 2.15. The molecule has 0 spiro atoms. The molecule has 1 heterocycles. The van der Waals surface area contributed by atoms with Crippen LogP contribution in [0, 0.1) is 5.82 Å². The average molecular weight is 363 g/mol. The fraction of sp³-hybridized carbons (Fsp3) is 0.500. The summed E-state index contributed by atoms with van der Waals surface area (Å²) in [6.07, 6.45) is 1.43. The van der Waals surface area contributed by atoms with Gasteiger partial charge in [-0.1, -0.05) is 13.0 Å².